The van der Waals surface area contributed by atoms with Crippen molar-refractivity contribution in [3.05, 3.63) is 30.0 Å². The van der Waals surface area contributed by atoms with Gasteiger partial charge in [0.25, 0.3) is 0 Å². The molecule has 0 bridgehead atoms. The molecule has 0 radical (unpaired) electrons. The number of methoxy groups -OCH3 is 2. The van der Waals surface area contributed by atoms with Gasteiger partial charge in [-0.25, -0.2) is 0 Å². The molecule has 0 atom stereocenters. The van der Waals surface area contributed by atoms with E-state index in [0.717, 1.165) is 0 Å². The predicted molar refractivity (Wildman–Crippen MR) is 73.6 cm³/mol. The first-order valence-electron chi connectivity index (χ1n) is 6.07. The first-order chi connectivity index (χ1) is 9.80. The monoisotopic (exact) mass is 273 g/mol. The van der Waals surface area contributed by atoms with Gasteiger partial charge in [-0.3, -0.25) is 0 Å². The Kier molecular flexibility index (Phi) is 4.58. The Labute approximate surface area is 116 Å². The standard InChI is InChI=1S/C14H15N3O3/c1-18-8-7-16-14-11(9-15)17-13(20-14)10-5-3-4-6-12(10)19-2/h3-6,16H,7-8H2,1-2H3. The summed E-state index contributed by atoms with van der Waals surface area (Å²) in [5, 5.41) is 12.1. The Morgan fingerprint density at radius 1 is 1.35 bits per heavy atom. The van der Waals surface area contributed by atoms with Gasteiger partial charge in [-0.15, -0.1) is 0 Å². The van der Waals surface area contributed by atoms with E-state index in [1.54, 1.807) is 14.2 Å². The van der Waals surface area contributed by atoms with Crippen LogP contribution in [0.2, 0.25) is 0 Å². The van der Waals surface area contributed by atoms with Gasteiger partial charge < -0.3 is 19.2 Å². The number of hydrogen-bond acceptors (Lipinski definition) is 6. The van der Waals surface area contributed by atoms with Crippen molar-refractivity contribution < 1.29 is 13.9 Å². The molecule has 20 heavy (non-hydrogen) atoms. The van der Waals surface area contributed by atoms with Crippen LogP contribution in [0.25, 0.3) is 11.5 Å². The zero-order valence-corrected chi connectivity index (χ0v) is 11.3. The van der Waals surface area contributed by atoms with Crippen LogP contribution in [0.5, 0.6) is 5.75 Å². The minimum atomic E-state index is 0.210. The van der Waals surface area contributed by atoms with E-state index in [4.69, 9.17) is 19.2 Å². The molecule has 0 saturated heterocycles. The van der Waals surface area contributed by atoms with Crippen molar-refractivity contribution in [3.63, 3.8) is 0 Å². The average molecular weight is 273 g/mol. The van der Waals surface area contributed by atoms with Crippen LogP contribution in [0, 0.1) is 11.3 Å². The van der Waals surface area contributed by atoms with E-state index in [2.05, 4.69) is 10.3 Å². The lowest BCUT2D eigenvalue weighted by molar-refractivity contribution is 0.210. The summed E-state index contributed by atoms with van der Waals surface area (Å²) in [5.41, 5.74) is 0.910. The Bertz CT molecular complexity index is 616. The maximum Gasteiger partial charge on any atom is 0.233 e. The van der Waals surface area contributed by atoms with Crippen molar-refractivity contribution in [2.24, 2.45) is 0 Å². The van der Waals surface area contributed by atoms with Crippen molar-refractivity contribution in [2.75, 3.05) is 32.7 Å². The molecular formula is C14H15N3O3. The number of nitrogens with zero attached hydrogens (tertiary/aromatic N) is 2. The minimum absolute atomic E-state index is 0.210. The number of nitrogens with one attached hydrogen (secondary N) is 1. The smallest absolute Gasteiger partial charge is 0.233 e. The van der Waals surface area contributed by atoms with Gasteiger partial charge in [0.15, 0.2) is 0 Å². The third-order valence-corrected chi connectivity index (χ3v) is 2.66. The van der Waals surface area contributed by atoms with Crippen molar-refractivity contribution in [1.29, 1.82) is 5.26 Å². The van der Waals surface area contributed by atoms with Gasteiger partial charge in [0, 0.05) is 13.7 Å². The highest BCUT2D eigenvalue weighted by atomic mass is 16.5. The number of rotatable bonds is 6. The van der Waals surface area contributed by atoms with Crippen LogP contribution >= 0.6 is 0 Å². The molecule has 1 aromatic carbocycles. The largest absolute Gasteiger partial charge is 0.496 e. The number of nitriles is 1. The number of ether oxygens (including phenoxy) is 2. The summed E-state index contributed by atoms with van der Waals surface area (Å²) >= 11 is 0. The van der Waals surface area contributed by atoms with Crippen molar-refractivity contribution >= 4 is 5.88 Å². The number of para-hydroxylation sites is 1. The highest BCUT2D eigenvalue weighted by Gasteiger charge is 2.16. The Morgan fingerprint density at radius 3 is 2.85 bits per heavy atom. The zero-order valence-electron chi connectivity index (χ0n) is 11.3. The van der Waals surface area contributed by atoms with Crippen LogP contribution in [-0.2, 0) is 4.74 Å². The Balaban J connectivity index is 2.31. The van der Waals surface area contributed by atoms with Crippen LogP contribution < -0.4 is 10.1 Å². The second-order valence-electron chi connectivity index (χ2n) is 3.93. The Morgan fingerprint density at radius 2 is 2.15 bits per heavy atom. The number of benzene rings is 1. The molecule has 2 rings (SSSR count). The molecule has 0 aliphatic rings. The first-order valence-corrected chi connectivity index (χ1v) is 6.07. The molecule has 6 nitrogen and oxygen atoms in total. The van der Waals surface area contributed by atoms with E-state index in [9.17, 15) is 0 Å². The van der Waals surface area contributed by atoms with Crippen LogP contribution in [0.3, 0.4) is 0 Å². The quantitative estimate of drug-likeness (QED) is 0.813. The van der Waals surface area contributed by atoms with Gasteiger partial charge in [-0.05, 0) is 12.1 Å². The fraction of sp³-hybridized carbons (Fsp3) is 0.286. The maximum absolute atomic E-state index is 9.09. The summed E-state index contributed by atoms with van der Waals surface area (Å²) in [6, 6.07) is 9.34. The SMILES string of the molecule is COCCNc1oc(-c2ccccc2OC)nc1C#N. The fourth-order valence-electron chi connectivity index (χ4n) is 1.72. The number of aromatic nitrogens is 1. The van der Waals surface area contributed by atoms with Gasteiger partial charge in [-0.1, -0.05) is 12.1 Å². The van der Waals surface area contributed by atoms with Gasteiger partial charge in [0.1, 0.15) is 11.8 Å². The van der Waals surface area contributed by atoms with E-state index >= 15 is 0 Å². The summed E-state index contributed by atoms with van der Waals surface area (Å²) in [5.74, 6) is 1.33. The molecule has 104 valence electrons. The molecule has 0 saturated carbocycles. The lowest BCUT2D eigenvalue weighted by Gasteiger charge is -2.04. The molecular weight excluding hydrogens is 258 g/mol. The lowest BCUT2D eigenvalue weighted by Crippen LogP contribution is -2.07. The Hall–Kier alpha value is -2.52. The second kappa shape index (κ2) is 6.59. The van der Waals surface area contributed by atoms with E-state index < -0.39 is 0 Å². The van der Waals surface area contributed by atoms with Gasteiger partial charge in [-0.2, -0.15) is 10.2 Å². The van der Waals surface area contributed by atoms with Crippen molar-refractivity contribution in [1.82, 2.24) is 4.98 Å². The third kappa shape index (κ3) is 2.90. The summed E-state index contributed by atoms with van der Waals surface area (Å²) in [6.45, 7) is 1.04. The number of hydrogen-bond donors (Lipinski definition) is 1. The van der Waals surface area contributed by atoms with Crippen LogP contribution in [0.15, 0.2) is 28.7 Å². The van der Waals surface area contributed by atoms with Gasteiger partial charge >= 0.3 is 0 Å². The summed E-state index contributed by atoms with van der Waals surface area (Å²) in [4.78, 5) is 4.18. The molecule has 1 aromatic heterocycles. The number of oxazole rings is 1. The molecule has 2 aromatic rings. The van der Waals surface area contributed by atoms with E-state index in [-0.39, 0.29) is 5.69 Å². The van der Waals surface area contributed by atoms with E-state index in [1.807, 2.05) is 30.3 Å². The number of anilines is 1. The second-order valence-corrected chi connectivity index (χ2v) is 3.93. The summed E-state index contributed by atoms with van der Waals surface area (Å²) in [7, 11) is 3.18. The molecule has 0 fully saturated rings. The van der Waals surface area contributed by atoms with Crippen molar-refractivity contribution in [3.8, 4) is 23.3 Å². The van der Waals surface area contributed by atoms with Gasteiger partial charge in [0.2, 0.25) is 17.5 Å². The molecule has 1 heterocycles. The normalized spacial score (nSPS) is 10.1. The lowest BCUT2D eigenvalue weighted by atomic mass is 10.2. The minimum Gasteiger partial charge on any atom is -0.496 e. The summed E-state index contributed by atoms with van der Waals surface area (Å²) in [6.07, 6.45) is 0. The summed E-state index contributed by atoms with van der Waals surface area (Å²) < 4.78 is 15.8. The molecule has 1 N–H and O–H groups in total. The van der Waals surface area contributed by atoms with E-state index in [0.29, 0.717) is 36.2 Å². The average Bonchev–Trinajstić information content (AvgIpc) is 2.90. The van der Waals surface area contributed by atoms with Gasteiger partial charge in [0.05, 0.1) is 19.3 Å². The molecule has 0 unspecified atom stereocenters. The zero-order chi connectivity index (χ0) is 14.4. The molecule has 6 heteroatoms. The highest BCUT2D eigenvalue weighted by Crippen LogP contribution is 2.31. The first kappa shape index (κ1) is 13.9. The van der Waals surface area contributed by atoms with Crippen molar-refractivity contribution in [2.45, 2.75) is 0 Å². The van der Waals surface area contributed by atoms with Crippen LogP contribution in [-0.4, -0.2) is 32.4 Å². The predicted octanol–water partition coefficient (Wildman–Crippen LogP) is 2.28. The third-order valence-electron chi connectivity index (χ3n) is 2.66. The topological polar surface area (TPSA) is 80.3 Å². The van der Waals surface area contributed by atoms with Crippen LogP contribution in [0.4, 0.5) is 5.88 Å². The molecule has 0 aliphatic heterocycles. The molecule has 0 amide bonds. The maximum atomic E-state index is 9.09. The molecule has 0 spiro atoms. The fourth-order valence-corrected chi connectivity index (χ4v) is 1.72. The van der Waals surface area contributed by atoms with Crippen LogP contribution in [0.1, 0.15) is 5.69 Å². The molecule has 0 aliphatic carbocycles. The van der Waals surface area contributed by atoms with E-state index in [1.165, 1.54) is 0 Å². The highest BCUT2D eigenvalue weighted by molar-refractivity contribution is 5.65.